The highest BCUT2D eigenvalue weighted by atomic mass is 16.5. The Balaban J connectivity index is 2.59. The van der Waals surface area contributed by atoms with E-state index in [1.165, 1.54) is 0 Å². The number of carboxylic acid groups (broad SMARTS) is 3. The number of carbonyl (C=O) groups is 5. The number of rotatable bonds is 11. The lowest BCUT2D eigenvalue weighted by Crippen LogP contribution is -2.51. The maximum Gasteiger partial charge on any atom is 0.322 e. The van der Waals surface area contributed by atoms with Crippen molar-refractivity contribution in [2.24, 2.45) is 5.73 Å². The average molecular weight is 402 g/mol. The Hall–Kier alpha value is -3.75. The van der Waals surface area contributed by atoms with Crippen molar-refractivity contribution in [3.8, 4) is 0 Å². The van der Waals surface area contributed by atoms with Gasteiger partial charge in [0.25, 0.3) is 0 Å². The van der Waals surface area contributed by atoms with E-state index in [2.05, 4.69) is 20.8 Å². The zero-order chi connectivity index (χ0) is 21.3. The van der Waals surface area contributed by atoms with Crippen molar-refractivity contribution >= 4 is 29.8 Å². The standard InChI is InChI=1S/C13H18N6O9/c14-5(1-8(20)21)11-18-7(28-19-11)3-16-13(27)17-6(2-9(22)23)12(26)15-4-10(24)25/h5-6H,1-4,14H2,(H,15,26)(H,20,21)(H,22,23)(H,24,25)(H2,16,17,27)/t5-,6-/m0/s1. The van der Waals surface area contributed by atoms with Crippen LogP contribution in [0.15, 0.2) is 4.52 Å². The van der Waals surface area contributed by atoms with E-state index in [0.29, 0.717) is 0 Å². The first-order valence-corrected chi connectivity index (χ1v) is 7.64. The fourth-order valence-corrected chi connectivity index (χ4v) is 1.80. The predicted molar refractivity (Wildman–Crippen MR) is 85.5 cm³/mol. The molecule has 1 heterocycles. The van der Waals surface area contributed by atoms with E-state index in [1.54, 1.807) is 0 Å². The lowest BCUT2D eigenvalue weighted by molar-refractivity contribution is -0.140. The van der Waals surface area contributed by atoms with Crippen LogP contribution in [0.4, 0.5) is 4.79 Å². The van der Waals surface area contributed by atoms with Crippen LogP contribution in [0.3, 0.4) is 0 Å². The van der Waals surface area contributed by atoms with Crippen molar-refractivity contribution < 1.29 is 43.8 Å². The second kappa shape index (κ2) is 10.4. The number of carboxylic acids is 3. The van der Waals surface area contributed by atoms with Gasteiger partial charge in [-0.15, -0.1) is 0 Å². The van der Waals surface area contributed by atoms with Gasteiger partial charge in [0, 0.05) is 0 Å². The van der Waals surface area contributed by atoms with Gasteiger partial charge in [0.1, 0.15) is 12.6 Å². The fourth-order valence-electron chi connectivity index (χ4n) is 1.80. The highest BCUT2D eigenvalue weighted by Crippen LogP contribution is 2.10. The van der Waals surface area contributed by atoms with Crippen LogP contribution in [0.2, 0.25) is 0 Å². The number of hydrogen-bond donors (Lipinski definition) is 7. The zero-order valence-corrected chi connectivity index (χ0v) is 14.2. The molecule has 2 atom stereocenters. The van der Waals surface area contributed by atoms with Gasteiger partial charge in [0.15, 0.2) is 5.82 Å². The summed E-state index contributed by atoms with van der Waals surface area (Å²) >= 11 is 0. The Labute approximate surface area is 156 Å². The molecule has 0 aliphatic carbocycles. The second-order valence-corrected chi connectivity index (χ2v) is 5.34. The molecule has 3 amide bonds. The van der Waals surface area contributed by atoms with Gasteiger partial charge < -0.3 is 41.5 Å². The minimum absolute atomic E-state index is 0.0867. The van der Waals surface area contributed by atoms with Crippen LogP contribution in [-0.4, -0.2) is 67.9 Å². The normalized spacial score (nSPS) is 12.5. The average Bonchev–Trinajstić information content (AvgIpc) is 3.05. The molecular weight excluding hydrogens is 384 g/mol. The smallest absolute Gasteiger partial charge is 0.322 e. The number of aliphatic carboxylic acids is 3. The molecule has 0 radical (unpaired) electrons. The molecule has 8 N–H and O–H groups in total. The summed E-state index contributed by atoms with van der Waals surface area (Å²) in [5.41, 5.74) is 5.55. The Bertz CT molecular complexity index is 749. The second-order valence-electron chi connectivity index (χ2n) is 5.34. The SMILES string of the molecule is N[C@@H](CC(=O)O)c1noc(CNC(=O)N[C@@H](CC(=O)O)C(=O)NCC(=O)O)n1. The number of aromatic nitrogens is 2. The number of urea groups is 1. The summed E-state index contributed by atoms with van der Waals surface area (Å²) in [5.74, 6) is -5.11. The van der Waals surface area contributed by atoms with Gasteiger partial charge in [-0.3, -0.25) is 19.2 Å². The molecule has 1 aromatic heterocycles. The summed E-state index contributed by atoms with van der Waals surface area (Å²) in [5, 5.41) is 35.7. The van der Waals surface area contributed by atoms with Crippen LogP contribution in [0.25, 0.3) is 0 Å². The molecule has 0 aliphatic rings. The largest absolute Gasteiger partial charge is 0.481 e. The van der Waals surface area contributed by atoms with E-state index in [1.807, 2.05) is 5.32 Å². The topological polar surface area (TPSA) is 247 Å². The first-order chi connectivity index (χ1) is 13.1. The number of nitrogens with two attached hydrogens (primary N) is 1. The van der Waals surface area contributed by atoms with Gasteiger partial charge >= 0.3 is 23.9 Å². The molecule has 15 heteroatoms. The van der Waals surface area contributed by atoms with E-state index in [0.717, 1.165) is 0 Å². The van der Waals surface area contributed by atoms with Crippen LogP contribution in [0, 0.1) is 0 Å². The van der Waals surface area contributed by atoms with E-state index >= 15 is 0 Å². The molecule has 15 nitrogen and oxygen atoms in total. The Morgan fingerprint density at radius 1 is 1.00 bits per heavy atom. The Kier molecular flexibility index (Phi) is 8.29. The molecule has 154 valence electrons. The number of nitrogens with zero attached hydrogens (tertiary/aromatic N) is 2. The number of carbonyl (C=O) groups excluding carboxylic acids is 2. The molecule has 0 unspecified atom stereocenters. The van der Waals surface area contributed by atoms with Crippen LogP contribution in [0.5, 0.6) is 0 Å². The molecule has 0 aliphatic heterocycles. The third kappa shape index (κ3) is 8.09. The quantitative estimate of drug-likeness (QED) is 0.201. The van der Waals surface area contributed by atoms with Crippen molar-refractivity contribution in [2.45, 2.75) is 31.5 Å². The molecular formula is C13H18N6O9. The summed E-state index contributed by atoms with van der Waals surface area (Å²) < 4.78 is 4.78. The molecule has 0 aromatic carbocycles. The van der Waals surface area contributed by atoms with Gasteiger partial charge in [-0.25, -0.2) is 4.79 Å². The third-order valence-corrected chi connectivity index (χ3v) is 3.02. The minimum Gasteiger partial charge on any atom is -0.481 e. The van der Waals surface area contributed by atoms with Crippen LogP contribution in [0.1, 0.15) is 30.6 Å². The molecule has 1 rings (SSSR count). The first-order valence-electron chi connectivity index (χ1n) is 7.64. The maximum absolute atomic E-state index is 11.8. The highest BCUT2D eigenvalue weighted by molar-refractivity contribution is 5.91. The molecule has 0 fully saturated rings. The molecule has 0 spiro atoms. The summed E-state index contributed by atoms with van der Waals surface area (Å²) in [6, 6.07) is -3.51. The van der Waals surface area contributed by atoms with E-state index in [4.69, 9.17) is 25.6 Å². The van der Waals surface area contributed by atoms with Gasteiger partial charge in [0.2, 0.25) is 11.8 Å². The molecule has 0 bridgehead atoms. The Morgan fingerprint density at radius 2 is 1.64 bits per heavy atom. The van der Waals surface area contributed by atoms with E-state index < -0.39 is 61.3 Å². The van der Waals surface area contributed by atoms with Gasteiger partial charge in [-0.1, -0.05) is 5.16 Å². The maximum atomic E-state index is 11.8. The summed E-state index contributed by atoms with van der Waals surface area (Å²) in [6.45, 7) is -1.07. The fraction of sp³-hybridized carbons (Fsp3) is 0.462. The molecule has 28 heavy (non-hydrogen) atoms. The zero-order valence-electron chi connectivity index (χ0n) is 14.2. The monoisotopic (exact) mass is 402 g/mol. The number of nitrogens with one attached hydrogen (secondary N) is 3. The summed E-state index contributed by atoms with van der Waals surface area (Å²) in [7, 11) is 0. The predicted octanol–water partition coefficient (Wildman–Crippen LogP) is -2.61. The number of hydrogen-bond acceptors (Lipinski definition) is 9. The van der Waals surface area contributed by atoms with Crippen molar-refractivity contribution in [2.75, 3.05) is 6.54 Å². The Morgan fingerprint density at radius 3 is 2.21 bits per heavy atom. The van der Waals surface area contributed by atoms with Crippen molar-refractivity contribution in [3.05, 3.63) is 11.7 Å². The summed E-state index contributed by atoms with van der Waals surface area (Å²) in [4.78, 5) is 59.2. The first kappa shape index (κ1) is 22.3. The number of amides is 3. The molecule has 0 saturated carbocycles. The lowest BCUT2D eigenvalue weighted by atomic mass is 10.2. The van der Waals surface area contributed by atoms with Crippen molar-refractivity contribution in [3.63, 3.8) is 0 Å². The van der Waals surface area contributed by atoms with Crippen molar-refractivity contribution in [1.82, 2.24) is 26.1 Å². The van der Waals surface area contributed by atoms with Gasteiger partial charge in [-0.05, 0) is 0 Å². The van der Waals surface area contributed by atoms with Crippen LogP contribution >= 0.6 is 0 Å². The van der Waals surface area contributed by atoms with E-state index in [-0.39, 0.29) is 18.3 Å². The minimum atomic E-state index is -1.53. The molecule has 1 aromatic rings. The third-order valence-electron chi connectivity index (χ3n) is 3.02. The highest BCUT2D eigenvalue weighted by Gasteiger charge is 2.24. The van der Waals surface area contributed by atoms with Gasteiger partial charge in [0.05, 0.1) is 25.4 Å². The van der Waals surface area contributed by atoms with Gasteiger partial charge in [-0.2, -0.15) is 4.98 Å². The van der Waals surface area contributed by atoms with E-state index in [9.17, 15) is 24.0 Å². The lowest BCUT2D eigenvalue weighted by Gasteiger charge is -2.16. The van der Waals surface area contributed by atoms with Crippen LogP contribution in [-0.2, 0) is 25.7 Å². The summed E-state index contributed by atoms with van der Waals surface area (Å²) in [6.07, 6.45) is -1.22. The van der Waals surface area contributed by atoms with Crippen molar-refractivity contribution in [1.29, 1.82) is 0 Å². The van der Waals surface area contributed by atoms with Crippen LogP contribution < -0.4 is 21.7 Å². The molecule has 0 saturated heterocycles.